The van der Waals surface area contributed by atoms with Gasteiger partial charge in [-0.05, 0) is 30.5 Å². The van der Waals surface area contributed by atoms with E-state index in [0.717, 1.165) is 6.42 Å². The van der Waals surface area contributed by atoms with Crippen molar-refractivity contribution in [2.24, 2.45) is 0 Å². The number of rotatable bonds is 5. The van der Waals surface area contributed by atoms with Crippen molar-refractivity contribution in [2.75, 3.05) is 7.11 Å². The minimum atomic E-state index is -0.283. The standard InChI is InChI=1S/C15H17NO3S/c1-10(8-12-4-3-7-20-12)16-15(18)13-6-5-11(19-2)9-14(13)17/h3-7,9-10,17H,8H2,1-2H3,(H,16,18)/t10-/m1/s1. The second-order valence-electron chi connectivity index (χ2n) is 4.54. The Morgan fingerprint density at radius 2 is 2.25 bits per heavy atom. The lowest BCUT2D eigenvalue weighted by molar-refractivity contribution is 0.0937. The maximum absolute atomic E-state index is 12.1. The van der Waals surface area contributed by atoms with Gasteiger partial charge in [0.25, 0.3) is 5.91 Å². The summed E-state index contributed by atoms with van der Waals surface area (Å²) in [6.07, 6.45) is 0.778. The number of nitrogens with one attached hydrogen (secondary N) is 1. The van der Waals surface area contributed by atoms with Crippen molar-refractivity contribution < 1.29 is 14.6 Å². The molecule has 106 valence electrons. The van der Waals surface area contributed by atoms with Crippen molar-refractivity contribution in [3.63, 3.8) is 0 Å². The lowest BCUT2D eigenvalue weighted by Gasteiger charge is -2.14. The molecule has 1 amide bonds. The van der Waals surface area contributed by atoms with E-state index < -0.39 is 0 Å². The van der Waals surface area contributed by atoms with Crippen molar-refractivity contribution in [3.8, 4) is 11.5 Å². The summed E-state index contributed by atoms with van der Waals surface area (Å²) in [6, 6.07) is 8.67. The Hall–Kier alpha value is -2.01. The number of phenols is 1. The lowest BCUT2D eigenvalue weighted by atomic mass is 10.1. The summed E-state index contributed by atoms with van der Waals surface area (Å²) in [5, 5.41) is 14.7. The number of amides is 1. The molecule has 0 spiro atoms. The van der Waals surface area contributed by atoms with Crippen LogP contribution >= 0.6 is 11.3 Å². The van der Waals surface area contributed by atoms with E-state index in [2.05, 4.69) is 5.32 Å². The van der Waals surface area contributed by atoms with Crippen LogP contribution in [0.1, 0.15) is 22.2 Å². The fourth-order valence-corrected chi connectivity index (χ4v) is 2.75. The van der Waals surface area contributed by atoms with Crippen LogP contribution in [0, 0.1) is 0 Å². The zero-order valence-electron chi connectivity index (χ0n) is 11.4. The molecule has 0 saturated carbocycles. The Balaban J connectivity index is 2.00. The molecule has 1 atom stereocenters. The Bertz CT molecular complexity index is 581. The predicted octanol–water partition coefficient (Wildman–Crippen LogP) is 2.82. The number of thiophene rings is 1. The predicted molar refractivity (Wildman–Crippen MR) is 79.6 cm³/mol. The maximum atomic E-state index is 12.1. The first kappa shape index (κ1) is 14.4. The monoisotopic (exact) mass is 291 g/mol. The summed E-state index contributed by atoms with van der Waals surface area (Å²) in [5.74, 6) is 0.157. The summed E-state index contributed by atoms with van der Waals surface area (Å²) < 4.78 is 4.99. The molecule has 4 nitrogen and oxygen atoms in total. The van der Waals surface area contributed by atoms with Crippen LogP contribution in [0.25, 0.3) is 0 Å². The van der Waals surface area contributed by atoms with Crippen LogP contribution in [0.2, 0.25) is 0 Å². The lowest BCUT2D eigenvalue weighted by Crippen LogP contribution is -2.33. The number of benzene rings is 1. The summed E-state index contributed by atoms with van der Waals surface area (Å²) >= 11 is 1.67. The van der Waals surface area contributed by atoms with Gasteiger partial charge in [0.1, 0.15) is 11.5 Å². The molecule has 0 saturated heterocycles. The molecule has 0 aliphatic carbocycles. The molecule has 2 rings (SSSR count). The quantitative estimate of drug-likeness (QED) is 0.890. The van der Waals surface area contributed by atoms with E-state index in [1.54, 1.807) is 23.5 Å². The first-order valence-electron chi connectivity index (χ1n) is 6.30. The number of aromatic hydroxyl groups is 1. The highest BCUT2D eigenvalue weighted by molar-refractivity contribution is 7.09. The molecular weight excluding hydrogens is 274 g/mol. The summed E-state index contributed by atoms with van der Waals surface area (Å²) in [4.78, 5) is 13.3. The first-order chi connectivity index (χ1) is 9.60. The zero-order chi connectivity index (χ0) is 14.5. The normalized spacial score (nSPS) is 11.9. The summed E-state index contributed by atoms with van der Waals surface area (Å²) in [6.45, 7) is 1.94. The number of carbonyl (C=O) groups is 1. The van der Waals surface area contributed by atoms with Crippen molar-refractivity contribution in [2.45, 2.75) is 19.4 Å². The van der Waals surface area contributed by atoms with Crippen molar-refractivity contribution in [3.05, 3.63) is 46.2 Å². The molecular formula is C15H17NO3S. The number of phenolic OH excluding ortho intramolecular Hbond substituents is 1. The number of ether oxygens (including phenoxy) is 1. The Labute approximate surface area is 122 Å². The Morgan fingerprint density at radius 1 is 1.45 bits per heavy atom. The molecule has 1 heterocycles. The topological polar surface area (TPSA) is 58.6 Å². The molecule has 0 aliphatic rings. The van der Waals surface area contributed by atoms with Crippen LogP contribution in [0.3, 0.4) is 0 Å². The van der Waals surface area contributed by atoms with Gasteiger partial charge in [-0.15, -0.1) is 11.3 Å². The van der Waals surface area contributed by atoms with E-state index in [9.17, 15) is 9.90 Å². The van der Waals surface area contributed by atoms with Gasteiger partial charge in [-0.3, -0.25) is 4.79 Å². The van der Waals surface area contributed by atoms with Gasteiger partial charge in [0.2, 0.25) is 0 Å². The molecule has 20 heavy (non-hydrogen) atoms. The number of carbonyl (C=O) groups excluding carboxylic acids is 1. The molecule has 2 N–H and O–H groups in total. The molecule has 0 fully saturated rings. The highest BCUT2D eigenvalue weighted by atomic mass is 32.1. The van der Waals surface area contributed by atoms with Gasteiger partial charge in [0.15, 0.2) is 0 Å². The third-order valence-electron chi connectivity index (χ3n) is 2.91. The minimum Gasteiger partial charge on any atom is -0.507 e. The van der Waals surface area contributed by atoms with Crippen LogP contribution in [0.5, 0.6) is 11.5 Å². The van der Waals surface area contributed by atoms with E-state index in [0.29, 0.717) is 5.75 Å². The first-order valence-corrected chi connectivity index (χ1v) is 7.18. The zero-order valence-corrected chi connectivity index (χ0v) is 12.2. The minimum absolute atomic E-state index is 0.00246. The van der Waals surface area contributed by atoms with Crippen LogP contribution in [0.4, 0.5) is 0 Å². The van der Waals surface area contributed by atoms with E-state index in [4.69, 9.17) is 4.74 Å². The third kappa shape index (κ3) is 3.51. The number of hydrogen-bond donors (Lipinski definition) is 2. The van der Waals surface area contributed by atoms with E-state index in [1.165, 1.54) is 18.1 Å². The summed E-state index contributed by atoms with van der Waals surface area (Å²) in [7, 11) is 1.51. The second kappa shape index (κ2) is 6.43. The van der Waals surface area contributed by atoms with Gasteiger partial charge in [0, 0.05) is 23.4 Å². The molecule has 0 unspecified atom stereocenters. The fourth-order valence-electron chi connectivity index (χ4n) is 1.91. The average molecular weight is 291 g/mol. The Morgan fingerprint density at radius 3 is 2.85 bits per heavy atom. The van der Waals surface area contributed by atoms with Gasteiger partial charge in [-0.2, -0.15) is 0 Å². The van der Waals surface area contributed by atoms with Crippen LogP contribution in [-0.4, -0.2) is 24.2 Å². The smallest absolute Gasteiger partial charge is 0.255 e. The molecule has 0 radical (unpaired) electrons. The highest BCUT2D eigenvalue weighted by Gasteiger charge is 2.14. The van der Waals surface area contributed by atoms with Gasteiger partial charge in [-0.1, -0.05) is 6.07 Å². The van der Waals surface area contributed by atoms with Crippen LogP contribution in [-0.2, 0) is 6.42 Å². The molecule has 0 aliphatic heterocycles. The van der Waals surface area contributed by atoms with Gasteiger partial charge in [0.05, 0.1) is 12.7 Å². The second-order valence-corrected chi connectivity index (χ2v) is 5.57. The van der Waals surface area contributed by atoms with E-state index in [-0.39, 0.29) is 23.3 Å². The highest BCUT2D eigenvalue weighted by Crippen LogP contribution is 2.23. The van der Waals surface area contributed by atoms with Gasteiger partial charge in [-0.25, -0.2) is 0 Å². The van der Waals surface area contributed by atoms with Crippen molar-refractivity contribution in [1.29, 1.82) is 0 Å². The third-order valence-corrected chi connectivity index (χ3v) is 3.81. The average Bonchev–Trinajstić information content (AvgIpc) is 2.90. The van der Waals surface area contributed by atoms with Crippen molar-refractivity contribution >= 4 is 17.2 Å². The largest absolute Gasteiger partial charge is 0.507 e. The van der Waals surface area contributed by atoms with Gasteiger partial charge >= 0.3 is 0 Å². The molecule has 1 aromatic heterocycles. The van der Waals surface area contributed by atoms with Crippen molar-refractivity contribution in [1.82, 2.24) is 5.32 Å². The SMILES string of the molecule is COc1ccc(C(=O)N[C@H](C)Cc2cccs2)c(O)c1. The van der Waals surface area contributed by atoms with Gasteiger partial charge < -0.3 is 15.2 Å². The summed E-state index contributed by atoms with van der Waals surface area (Å²) in [5.41, 5.74) is 0.254. The molecule has 0 bridgehead atoms. The molecule has 5 heteroatoms. The van der Waals surface area contributed by atoms with Crippen LogP contribution in [0.15, 0.2) is 35.7 Å². The number of methoxy groups -OCH3 is 1. The Kier molecular flexibility index (Phi) is 4.63. The fraction of sp³-hybridized carbons (Fsp3) is 0.267. The molecule has 2 aromatic rings. The van der Waals surface area contributed by atoms with E-state index in [1.807, 2.05) is 24.4 Å². The van der Waals surface area contributed by atoms with E-state index >= 15 is 0 Å². The maximum Gasteiger partial charge on any atom is 0.255 e. The number of hydrogen-bond acceptors (Lipinski definition) is 4. The van der Waals surface area contributed by atoms with Crippen LogP contribution < -0.4 is 10.1 Å². The molecule has 1 aromatic carbocycles.